The summed E-state index contributed by atoms with van der Waals surface area (Å²) in [7, 11) is 1.70. The Morgan fingerprint density at radius 3 is 2.56 bits per heavy atom. The predicted octanol–water partition coefficient (Wildman–Crippen LogP) is 3.73. The molecule has 0 fully saturated rings. The average Bonchev–Trinajstić information content (AvgIpc) is 2.33. The third-order valence-corrected chi connectivity index (χ3v) is 3.00. The molecule has 0 spiro atoms. The Hall–Kier alpha value is -1.11. The lowest BCUT2D eigenvalue weighted by molar-refractivity contribution is 1.05. The summed E-state index contributed by atoms with van der Waals surface area (Å²) in [6.45, 7) is 0. The highest BCUT2D eigenvalue weighted by molar-refractivity contribution is 9.10. The van der Waals surface area contributed by atoms with Crippen LogP contribution >= 0.6 is 39.1 Å². The average molecular weight is 349 g/mol. The second kappa shape index (κ2) is 5.69. The van der Waals surface area contributed by atoms with E-state index in [1.54, 1.807) is 13.1 Å². The predicted molar refractivity (Wildman–Crippen MR) is 76.8 cm³/mol. The lowest BCUT2D eigenvalue weighted by Gasteiger charge is -2.08. The van der Waals surface area contributed by atoms with Gasteiger partial charge in [-0.3, -0.25) is 0 Å². The van der Waals surface area contributed by atoms with Gasteiger partial charge in [-0.15, -0.1) is 0 Å². The van der Waals surface area contributed by atoms with Crippen molar-refractivity contribution in [3.63, 3.8) is 0 Å². The summed E-state index contributed by atoms with van der Waals surface area (Å²) < 4.78 is 0.892. The largest absolute Gasteiger partial charge is 0.357 e. The van der Waals surface area contributed by atoms with Crippen LogP contribution in [0.2, 0.25) is 10.3 Å². The van der Waals surface area contributed by atoms with Gasteiger partial charge in [0.1, 0.15) is 0 Å². The lowest BCUT2D eigenvalue weighted by Crippen LogP contribution is -2.03. The van der Waals surface area contributed by atoms with Crippen LogP contribution in [0.25, 0.3) is 0 Å². The van der Waals surface area contributed by atoms with Gasteiger partial charge in [0, 0.05) is 11.5 Å². The van der Waals surface area contributed by atoms with Crippen LogP contribution in [0.1, 0.15) is 0 Å². The molecule has 0 atom stereocenters. The number of rotatable bonds is 3. The molecule has 0 amide bonds. The van der Waals surface area contributed by atoms with Gasteiger partial charge < -0.3 is 10.6 Å². The Balaban J connectivity index is 2.33. The molecule has 0 aliphatic carbocycles. The SMILES string of the molecule is CNc1nc(Cl)nc(Nc2cc(Br)ccc2Cl)n1. The van der Waals surface area contributed by atoms with Crippen molar-refractivity contribution in [3.8, 4) is 0 Å². The third-order valence-electron chi connectivity index (χ3n) is 2.01. The van der Waals surface area contributed by atoms with Crippen molar-refractivity contribution >= 4 is 56.7 Å². The molecule has 5 nitrogen and oxygen atoms in total. The molecule has 1 heterocycles. The number of benzene rings is 1. The van der Waals surface area contributed by atoms with E-state index >= 15 is 0 Å². The van der Waals surface area contributed by atoms with E-state index in [9.17, 15) is 0 Å². The Labute approximate surface area is 122 Å². The van der Waals surface area contributed by atoms with Crippen LogP contribution in [-0.4, -0.2) is 22.0 Å². The zero-order valence-electron chi connectivity index (χ0n) is 9.21. The molecule has 18 heavy (non-hydrogen) atoms. The van der Waals surface area contributed by atoms with E-state index in [0.29, 0.717) is 22.6 Å². The van der Waals surface area contributed by atoms with Gasteiger partial charge in [-0.2, -0.15) is 15.0 Å². The van der Waals surface area contributed by atoms with Crippen molar-refractivity contribution < 1.29 is 0 Å². The molecule has 0 radical (unpaired) electrons. The molecule has 0 aliphatic rings. The molecule has 0 aliphatic heterocycles. The summed E-state index contributed by atoms with van der Waals surface area (Å²) in [5, 5.41) is 6.43. The van der Waals surface area contributed by atoms with Gasteiger partial charge in [-0.25, -0.2) is 0 Å². The number of aromatic nitrogens is 3. The fourth-order valence-corrected chi connectivity index (χ4v) is 1.92. The first kappa shape index (κ1) is 13.3. The maximum Gasteiger partial charge on any atom is 0.233 e. The van der Waals surface area contributed by atoms with Crippen LogP contribution < -0.4 is 10.6 Å². The number of hydrogen-bond donors (Lipinski definition) is 2. The van der Waals surface area contributed by atoms with Gasteiger partial charge in [-0.1, -0.05) is 27.5 Å². The van der Waals surface area contributed by atoms with Crippen molar-refractivity contribution in [1.29, 1.82) is 0 Å². The van der Waals surface area contributed by atoms with Crippen LogP contribution in [0.4, 0.5) is 17.6 Å². The zero-order chi connectivity index (χ0) is 13.1. The topological polar surface area (TPSA) is 62.7 Å². The molecule has 2 N–H and O–H groups in total. The molecule has 0 saturated carbocycles. The number of nitrogens with one attached hydrogen (secondary N) is 2. The molecular formula is C10H8BrCl2N5. The Morgan fingerprint density at radius 2 is 1.83 bits per heavy atom. The molecule has 1 aromatic carbocycles. The molecule has 2 aromatic rings. The molecule has 94 valence electrons. The number of nitrogens with zero attached hydrogens (tertiary/aromatic N) is 3. The summed E-state index contributed by atoms with van der Waals surface area (Å²) in [5.74, 6) is 0.697. The van der Waals surface area contributed by atoms with Gasteiger partial charge in [0.2, 0.25) is 17.2 Å². The first-order valence-electron chi connectivity index (χ1n) is 4.90. The van der Waals surface area contributed by atoms with Crippen molar-refractivity contribution in [2.45, 2.75) is 0 Å². The van der Waals surface area contributed by atoms with Crippen LogP contribution in [0.5, 0.6) is 0 Å². The molecule has 0 bridgehead atoms. The molecule has 0 unspecified atom stereocenters. The maximum atomic E-state index is 6.06. The minimum atomic E-state index is 0.1000. The van der Waals surface area contributed by atoms with Crippen molar-refractivity contribution in [1.82, 2.24) is 15.0 Å². The molecule has 1 aromatic heterocycles. The zero-order valence-corrected chi connectivity index (χ0v) is 12.3. The second-order valence-electron chi connectivity index (χ2n) is 3.25. The number of anilines is 3. The van der Waals surface area contributed by atoms with E-state index in [1.807, 2.05) is 12.1 Å². The van der Waals surface area contributed by atoms with E-state index in [4.69, 9.17) is 23.2 Å². The Kier molecular flexibility index (Phi) is 4.21. The summed E-state index contributed by atoms with van der Waals surface area (Å²) in [4.78, 5) is 12.0. The first-order chi connectivity index (χ1) is 8.58. The highest BCUT2D eigenvalue weighted by Crippen LogP contribution is 2.27. The van der Waals surface area contributed by atoms with Gasteiger partial charge >= 0.3 is 0 Å². The van der Waals surface area contributed by atoms with Crippen molar-refractivity contribution in [3.05, 3.63) is 33.0 Å². The van der Waals surface area contributed by atoms with E-state index in [1.165, 1.54) is 0 Å². The Bertz CT molecular complexity index is 578. The van der Waals surface area contributed by atoms with Gasteiger partial charge in [0.05, 0.1) is 10.7 Å². The monoisotopic (exact) mass is 347 g/mol. The highest BCUT2D eigenvalue weighted by atomic mass is 79.9. The Morgan fingerprint density at radius 1 is 1.11 bits per heavy atom. The minimum absolute atomic E-state index is 0.1000. The van der Waals surface area contributed by atoms with Gasteiger partial charge in [0.25, 0.3) is 0 Å². The van der Waals surface area contributed by atoms with Crippen LogP contribution in [-0.2, 0) is 0 Å². The van der Waals surface area contributed by atoms with Crippen LogP contribution in [0.15, 0.2) is 22.7 Å². The maximum absolute atomic E-state index is 6.06. The normalized spacial score (nSPS) is 10.2. The summed E-state index contributed by atoms with van der Waals surface area (Å²) in [5.41, 5.74) is 0.676. The van der Waals surface area contributed by atoms with Crippen molar-refractivity contribution in [2.24, 2.45) is 0 Å². The van der Waals surface area contributed by atoms with Crippen molar-refractivity contribution in [2.75, 3.05) is 17.7 Å². The quantitative estimate of drug-likeness (QED) is 0.884. The number of halogens is 3. The third kappa shape index (κ3) is 3.22. The van der Waals surface area contributed by atoms with Gasteiger partial charge in [-0.05, 0) is 29.8 Å². The summed E-state index contributed by atoms with van der Waals surface area (Å²) >= 11 is 15.2. The minimum Gasteiger partial charge on any atom is -0.357 e. The van der Waals surface area contributed by atoms with E-state index < -0.39 is 0 Å². The van der Waals surface area contributed by atoms with Gasteiger partial charge in [0.15, 0.2) is 0 Å². The molecule has 2 rings (SSSR count). The van der Waals surface area contributed by atoms with E-state index in [2.05, 4.69) is 41.5 Å². The standard InChI is InChI=1S/C10H8BrCl2N5/c1-14-9-16-8(13)17-10(18-9)15-7-4-5(11)2-3-6(7)12/h2-4H,1H3,(H2,14,15,16,17,18). The second-order valence-corrected chi connectivity index (χ2v) is 4.91. The first-order valence-corrected chi connectivity index (χ1v) is 6.45. The summed E-state index contributed by atoms with van der Waals surface area (Å²) in [6, 6.07) is 5.42. The smallest absolute Gasteiger partial charge is 0.233 e. The fourth-order valence-electron chi connectivity index (χ4n) is 1.23. The molecular weight excluding hydrogens is 341 g/mol. The summed E-state index contributed by atoms with van der Waals surface area (Å²) in [6.07, 6.45) is 0. The van der Waals surface area contributed by atoms with E-state index in [0.717, 1.165) is 4.47 Å². The van der Waals surface area contributed by atoms with Crippen LogP contribution in [0, 0.1) is 0 Å². The fraction of sp³-hybridized carbons (Fsp3) is 0.100. The molecule has 0 saturated heterocycles. The number of hydrogen-bond acceptors (Lipinski definition) is 5. The van der Waals surface area contributed by atoms with E-state index in [-0.39, 0.29) is 5.28 Å². The lowest BCUT2D eigenvalue weighted by atomic mass is 10.3. The van der Waals surface area contributed by atoms with Crippen LogP contribution in [0.3, 0.4) is 0 Å². The molecule has 8 heteroatoms. The highest BCUT2D eigenvalue weighted by Gasteiger charge is 2.07.